The number of rotatable bonds is 5. The Hall–Kier alpha value is -0.120. The van der Waals surface area contributed by atoms with E-state index in [9.17, 15) is 0 Å². The van der Waals surface area contributed by atoms with Crippen LogP contribution < -0.4 is 5.32 Å². The summed E-state index contributed by atoms with van der Waals surface area (Å²) in [5.41, 5.74) is 0.530. The van der Waals surface area contributed by atoms with Gasteiger partial charge in [-0.1, -0.05) is 32.6 Å². The minimum atomic E-state index is 0.530. The molecule has 0 bridgehead atoms. The number of hydrogen-bond acceptors (Lipinski definition) is 3. The summed E-state index contributed by atoms with van der Waals surface area (Å²) in [4.78, 5) is 5.30. The molecule has 0 aromatic rings. The normalized spacial score (nSPS) is 32.0. The second-order valence-corrected chi connectivity index (χ2v) is 7.75. The first-order chi connectivity index (χ1) is 10.1. The molecule has 2 fully saturated rings. The van der Waals surface area contributed by atoms with E-state index in [-0.39, 0.29) is 0 Å². The van der Waals surface area contributed by atoms with Gasteiger partial charge in [0.2, 0.25) is 0 Å². The Morgan fingerprint density at radius 3 is 2.10 bits per heavy atom. The molecule has 0 aromatic heterocycles. The minimum Gasteiger partial charge on any atom is -0.316 e. The molecule has 0 aromatic carbocycles. The second-order valence-electron chi connectivity index (χ2n) is 7.75. The molecule has 1 heterocycles. The van der Waals surface area contributed by atoms with Crippen molar-refractivity contribution in [2.24, 2.45) is 5.41 Å². The lowest BCUT2D eigenvalue weighted by molar-refractivity contribution is 0.0264. The van der Waals surface area contributed by atoms with Crippen LogP contribution in [0.25, 0.3) is 0 Å². The summed E-state index contributed by atoms with van der Waals surface area (Å²) in [5, 5.41) is 3.67. The maximum absolute atomic E-state index is 3.67. The summed E-state index contributed by atoms with van der Waals surface area (Å²) < 4.78 is 0. The molecule has 3 nitrogen and oxygen atoms in total. The highest BCUT2D eigenvalue weighted by Gasteiger charge is 2.35. The average molecular weight is 296 g/mol. The second kappa shape index (κ2) is 7.94. The van der Waals surface area contributed by atoms with E-state index in [0.29, 0.717) is 17.5 Å². The van der Waals surface area contributed by atoms with E-state index in [0.717, 1.165) is 6.54 Å². The molecule has 1 aliphatic heterocycles. The highest BCUT2D eigenvalue weighted by atomic mass is 15.3. The summed E-state index contributed by atoms with van der Waals surface area (Å²) in [6.45, 7) is 13.1. The van der Waals surface area contributed by atoms with Crippen LogP contribution in [-0.4, -0.2) is 61.7 Å². The molecule has 21 heavy (non-hydrogen) atoms. The van der Waals surface area contributed by atoms with Crippen LogP contribution in [0.1, 0.15) is 59.3 Å². The van der Waals surface area contributed by atoms with Gasteiger partial charge in [-0.05, 0) is 45.7 Å². The Kier molecular flexibility index (Phi) is 6.51. The molecular weight excluding hydrogens is 258 g/mol. The van der Waals surface area contributed by atoms with E-state index in [4.69, 9.17) is 0 Å². The molecule has 2 unspecified atom stereocenters. The largest absolute Gasteiger partial charge is 0.316 e. The van der Waals surface area contributed by atoms with Gasteiger partial charge in [-0.25, -0.2) is 0 Å². The summed E-state index contributed by atoms with van der Waals surface area (Å²) >= 11 is 0. The molecule has 1 saturated carbocycles. The van der Waals surface area contributed by atoms with Gasteiger partial charge in [-0.3, -0.25) is 9.80 Å². The molecule has 0 amide bonds. The highest BCUT2D eigenvalue weighted by molar-refractivity contribution is 4.91. The first-order valence-corrected chi connectivity index (χ1v) is 9.21. The summed E-state index contributed by atoms with van der Waals surface area (Å²) in [5.74, 6) is 0. The third-order valence-corrected chi connectivity index (χ3v) is 5.91. The van der Waals surface area contributed by atoms with Crippen molar-refractivity contribution in [2.45, 2.75) is 71.4 Å². The predicted octanol–water partition coefficient (Wildman–Crippen LogP) is 2.96. The van der Waals surface area contributed by atoms with Crippen molar-refractivity contribution in [1.82, 2.24) is 15.1 Å². The molecular formula is C18H37N3. The van der Waals surface area contributed by atoms with E-state index >= 15 is 0 Å². The maximum atomic E-state index is 3.67. The molecule has 1 aliphatic carbocycles. The fourth-order valence-corrected chi connectivity index (χ4v) is 4.38. The van der Waals surface area contributed by atoms with E-state index in [2.05, 4.69) is 42.9 Å². The third-order valence-electron chi connectivity index (χ3n) is 5.91. The first kappa shape index (κ1) is 17.2. The zero-order valence-electron chi connectivity index (χ0n) is 14.8. The fourth-order valence-electron chi connectivity index (χ4n) is 4.38. The number of nitrogens with one attached hydrogen (secondary N) is 1. The summed E-state index contributed by atoms with van der Waals surface area (Å²) in [6.07, 6.45) is 8.62. The number of hydrogen-bond donors (Lipinski definition) is 1. The van der Waals surface area contributed by atoms with Crippen LogP contribution in [-0.2, 0) is 0 Å². The van der Waals surface area contributed by atoms with Crippen molar-refractivity contribution in [3.8, 4) is 0 Å². The van der Waals surface area contributed by atoms with Crippen LogP contribution >= 0.6 is 0 Å². The maximum Gasteiger partial charge on any atom is 0.0195 e. The van der Waals surface area contributed by atoms with E-state index < -0.39 is 0 Å². The lowest BCUT2D eigenvalue weighted by Gasteiger charge is -2.46. The van der Waals surface area contributed by atoms with Crippen molar-refractivity contribution in [3.63, 3.8) is 0 Å². The van der Waals surface area contributed by atoms with Crippen molar-refractivity contribution >= 4 is 0 Å². The first-order valence-electron chi connectivity index (χ1n) is 9.21. The summed E-state index contributed by atoms with van der Waals surface area (Å²) in [7, 11) is 2.28. The topological polar surface area (TPSA) is 18.5 Å². The van der Waals surface area contributed by atoms with E-state index in [1.165, 1.54) is 64.7 Å². The van der Waals surface area contributed by atoms with Crippen LogP contribution in [0.5, 0.6) is 0 Å². The molecule has 1 saturated heterocycles. The van der Waals surface area contributed by atoms with Crippen molar-refractivity contribution < 1.29 is 0 Å². The van der Waals surface area contributed by atoms with Gasteiger partial charge in [-0.2, -0.15) is 0 Å². The van der Waals surface area contributed by atoms with Crippen molar-refractivity contribution in [3.05, 3.63) is 0 Å². The Bertz CT molecular complexity index is 285. The highest BCUT2D eigenvalue weighted by Crippen LogP contribution is 2.36. The van der Waals surface area contributed by atoms with E-state index in [1.54, 1.807) is 0 Å². The smallest absolute Gasteiger partial charge is 0.0195 e. The molecule has 2 atom stereocenters. The molecule has 2 aliphatic rings. The van der Waals surface area contributed by atoms with Crippen molar-refractivity contribution in [2.75, 3.05) is 39.8 Å². The molecule has 124 valence electrons. The fraction of sp³-hybridized carbons (Fsp3) is 1.00. The lowest BCUT2D eigenvalue weighted by atomic mass is 9.79. The number of likely N-dealkylation sites (N-methyl/N-ethyl adjacent to an activating group) is 1. The van der Waals surface area contributed by atoms with Crippen LogP contribution in [0.3, 0.4) is 0 Å². The SMILES string of the molecule is CCNCC1(CN2CC(C)N(C)C(C)C2)CCCCCC1. The Morgan fingerprint density at radius 1 is 1.00 bits per heavy atom. The van der Waals surface area contributed by atoms with Crippen LogP contribution in [0.4, 0.5) is 0 Å². The minimum absolute atomic E-state index is 0.530. The standard InChI is InChI=1S/C18H37N3/c1-5-19-14-18(10-8-6-7-9-11-18)15-21-12-16(2)20(4)17(3)13-21/h16-17,19H,5-15H2,1-4H3. The zero-order valence-corrected chi connectivity index (χ0v) is 14.8. The quantitative estimate of drug-likeness (QED) is 0.787. The molecule has 3 heteroatoms. The molecule has 0 spiro atoms. The van der Waals surface area contributed by atoms with Gasteiger partial charge in [0.25, 0.3) is 0 Å². The van der Waals surface area contributed by atoms with E-state index in [1.807, 2.05) is 0 Å². The zero-order chi connectivity index (χ0) is 15.3. The summed E-state index contributed by atoms with van der Waals surface area (Å²) in [6, 6.07) is 1.38. The molecule has 2 rings (SSSR count). The van der Waals surface area contributed by atoms with Gasteiger partial charge in [0.15, 0.2) is 0 Å². The van der Waals surface area contributed by atoms with Crippen LogP contribution in [0, 0.1) is 5.41 Å². The van der Waals surface area contributed by atoms with Gasteiger partial charge < -0.3 is 5.32 Å². The van der Waals surface area contributed by atoms with Crippen molar-refractivity contribution in [1.29, 1.82) is 0 Å². The number of nitrogens with zero attached hydrogens (tertiary/aromatic N) is 2. The van der Waals surface area contributed by atoms with Gasteiger partial charge in [-0.15, -0.1) is 0 Å². The Balaban J connectivity index is 2.00. The molecule has 1 N–H and O–H groups in total. The molecule has 0 radical (unpaired) electrons. The van der Waals surface area contributed by atoms with Crippen LogP contribution in [0.15, 0.2) is 0 Å². The lowest BCUT2D eigenvalue weighted by Crippen LogP contribution is -2.57. The Labute approximate surface area is 132 Å². The predicted molar refractivity (Wildman–Crippen MR) is 91.8 cm³/mol. The van der Waals surface area contributed by atoms with Gasteiger partial charge in [0.1, 0.15) is 0 Å². The van der Waals surface area contributed by atoms with Crippen LogP contribution in [0.2, 0.25) is 0 Å². The van der Waals surface area contributed by atoms with Gasteiger partial charge >= 0.3 is 0 Å². The van der Waals surface area contributed by atoms with Gasteiger partial charge in [0, 0.05) is 38.3 Å². The monoisotopic (exact) mass is 295 g/mol. The number of piperazine rings is 1. The van der Waals surface area contributed by atoms with Gasteiger partial charge in [0.05, 0.1) is 0 Å². The Morgan fingerprint density at radius 2 is 1.57 bits per heavy atom. The third kappa shape index (κ3) is 4.67. The average Bonchev–Trinajstić information content (AvgIpc) is 2.68.